The number of halogens is 2. The summed E-state index contributed by atoms with van der Waals surface area (Å²) in [5.41, 5.74) is 1.92. The van der Waals surface area contributed by atoms with E-state index in [2.05, 4.69) is 15.0 Å². The zero-order chi connectivity index (χ0) is 16.1. The summed E-state index contributed by atoms with van der Waals surface area (Å²) >= 11 is 11.8. The van der Waals surface area contributed by atoms with Gasteiger partial charge in [-0.3, -0.25) is 0 Å². The molecule has 0 radical (unpaired) electrons. The largest absolute Gasteiger partial charge is 0.464 e. The standard InChI is InChI=1S/C15H16Cl2N2O3/c1-22-15(21)13-2-9(7-19-13)6-18-8-14(20)10-3-11(16)5-12(17)4-10/h2-5,7,14,18-20H,6,8H2,1H3. The number of ether oxygens (including phenoxy) is 1. The van der Waals surface area contributed by atoms with Crippen LogP contribution in [-0.4, -0.2) is 29.7 Å². The van der Waals surface area contributed by atoms with Crippen LogP contribution in [0.3, 0.4) is 0 Å². The summed E-state index contributed by atoms with van der Waals surface area (Å²) in [5, 5.41) is 14.2. The van der Waals surface area contributed by atoms with Crippen molar-refractivity contribution < 1.29 is 14.6 Å². The molecule has 0 aliphatic carbocycles. The average Bonchev–Trinajstić information content (AvgIpc) is 2.94. The topological polar surface area (TPSA) is 74.3 Å². The number of carbonyl (C=O) groups is 1. The third-order valence-electron chi connectivity index (χ3n) is 3.08. The monoisotopic (exact) mass is 342 g/mol. The number of aliphatic hydroxyl groups is 1. The maximum absolute atomic E-state index is 11.3. The normalized spacial score (nSPS) is 12.2. The Morgan fingerprint density at radius 1 is 1.32 bits per heavy atom. The molecule has 1 aromatic heterocycles. The van der Waals surface area contributed by atoms with Crippen molar-refractivity contribution in [1.29, 1.82) is 0 Å². The van der Waals surface area contributed by atoms with E-state index in [1.54, 1.807) is 30.5 Å². The van der Waals surface area contributed by atoms with Gasteiger partial charge in [-0.05, 0) is 35.4 Å². The van der Waals surface area contributed by atoms with Gasteiger partial charge in [-0.2, -0.15) is 0 Å². The molecule has 3 N–H and O–H groups in total. The maximum Gasteiger partial charge on any atom is 0.354 e. The molecule has 0 amide bonds. The Balaban J connectivity index is 1.87. The van der Waals surface area contributed by atoms with E-state index in [-0.39, 0.29) is 0 Å². The third kappa shape index (κ3) is 4.48. The number of aliphatic hydroxyl groups excluding tert-OH is 1. The van der Waals surface area contributed by atoms with Gasteiger partial charge >= 0.3 is 5.97 Å². The van der Waals surface area contributed by atoms with Crippen molar-refractivity contribution in [2.24, 2.45) is 0 Å². The molecule has 0 aliphatic heterocycles. The number of carbonyl (C=O) groups excluding carboxylic acids is 1. The molecule has 1 aromatic carbocycles. The smallest absolute Gasteiger partial charge is 0.354 e. The van der Waals surface area contributed by atoms with Gasteiger partial charge in [0.05, 0.1) is 13.2 Å². The lowest BCUT2D eigenvalue weighted by Gasteiger charge is -2.12. The lowest BCUT2D eigenvalue weighted by molar-refractivity contribution is 0.0595. The fourth-order valence-electron chi connectivity index (χ4n) is 2.01. The van der Waals surface area contributed by atoms with Crippen LogP contribution in [0.4, 0.5) is 0 Å². The van der Waals surface area contributed by atoms with Crippen LogP contribution in [0.1, 0.15) is 27.7 Å². The van der Waals surface area contributed by atoms with Crippen molar-refractivity contribution in [3.8, 4) is 0 Å². The molecule has 2 rings (SSSR count). The molecule has 2 aromatic rings. The lowest BCUT2D eigenvalue weighted by Crippen LogP contribution is -2.20. The number of H-pyrrole nitrogens is 1. The molecule has 0 aliphatic rings. The van der Waals surface area contributed by atoms with Crippen molar-refractivity contribution in [2.45, 2.75) is 12.6 Å². The number of nitrogens with one attached hydrogen (secondary N) is 2. The average molecular weight is 343 g/mol. The molecule has 22 heavy (non-hydrogen) atoms. The summed E-state index contributed by atoms with van der Waals surface area (Å²) in [4.78, 5) is 14.1. The van der Waals surface area contributed by atoms with Crippen LogP contribution in [-0.2, 0) is 11.3 Å². The van der Waals surface area contributed by atoms with Gasteiger partial charge < -0.3 is 20.1 Å². The van der Waals surface area contributed by atoms with Gasteiger partial charge in [0.1, 0.15) is 5.69 Å². The first kappa shape index (κ1) is 16.8. The van der Waals surface area contributed by atoms with Crippen molar-refractivity contribution in [3.63, 3.8) is 0 Å². The summed E-state index contributed by atoms with van der Waals surface area (Å²) in [6.45, 7) is 0.828. The fraction of sp³-hybridized carbons (Fsp3) is 0.267. The van der Waals surface area contributed by atoms with Gasteiger partial charge in [0, 0.05) is 29.3 Å². The SMILES string of the molecule is COC(=O)c1cc(CNCC(O)c2cc(Cl)cc(Cl)c2)c[nH]1. The van der Waals surface area contributed by atoms with Gasteiger partial charge in [0.2, 0.25) is 0 Å². The second kappa shape index (κ2) is 7.65. The Morgan fingerprint density at radius 2 is 2.00 bits per heavy atom. The van der Waals surface area contributed by atoms with E-state index in [4.69, 9.17) is 23.2 Å². The molecule has 1 atom stereocenters. The van der Waals surface area contributed by atoms with E-state index in [1.807, 2.05) is 0 Å². The van der Waals surface area contributed by atoms with Crippen LogP contribution >= 0.6 is 23.2 Å². The van der Waals surface area contributed by atoms with Gasteiger partial charge in [0.25, 0.3) is 0 Å². The Labute approximate surface area is 138 Å². The molecule has 0 saturated heterocycles. The number of rotatable bonds is 6. The molecule has 0 fully saturated rings. The highest BCUT2D eigenvalue weighted by atomic mass is 35.5. The predicted octanol–water partition coefficient (Wildman–Crippen LogP) is 2.93. The zero-order valence-corrected chi connectivity index (χ0v) is 13.4. The first-order valence-electron chi connectivity index (χ1n) is 6.60. The van der Waals surface area contributed by atoms with Gasteiger partial charge in [0.15, 0.2) is 0 Å². The van der Waals surface area contributed by atoms with Crippen LogP contribution in [0, 0.1) is 0 Å². The predicted molar refractivity (Wildman–Crippen MR) is 85.3 cm³/mol. The van der Waals surface area contributed by atoms with Gasteiger partial charge in [-0.1, -0.05) is 23.2 Å². The third-order valence-corrected chi connectivity index (χ3v) is 3.52. The van der Waals surface area contributed by atoms with E-state index in [0.717, 1.165) is 5.56 Å². The number of aromatic amines is 1. The summed E-state index contributed by atoms with van der Waals surface area (Å²) < 4.78 is 4.62. The number of aromatic nitrogens is 1. The minimum absolute atomic E-state index is 0.329. The lowest BCUT2D eigenvalue weighted by atomic mass is 10.1. The molecular formula is C15H16Cl2N2O3. The Morgan fingerprint density at radius 3 is 2.64 bits per heavy atom. The molecular weight excluding hydrogens is 327 g/mol. The number of benzene rings is 1. The molecule has 7 heteroatoms. The molecule has 0 bridgehead atoms. The molecule has 0 spiro atoms. The van der Waals surface area contributed by atoms with Crippen LogP contribution in [0.15, 0.2) is 30.5 Å². The van der Waals surface area contributed by atoms with Crippen molar-refractivity contribution in [2.75, 3.05) is 13.7 Å². The van der Waals surface area contributed by atoms with Crippen molar-refractivity contribution in [1.82, 2.24) is 10.3 Å². The highest BCUT2D eigenvalue weighted by Gasteiger charge is 2.11. The number of esters is 1. The van der Waals surface area contributed by atoms with Gasteiger partial charge in [-0.15, -0.1) is 0 Å². The van der Waals surface area contributed by atoms with Crippen LogP contribution in [0.25, 0.3) is 0 Å². The van der Waals surface area contributed by atoms with E-state index in [0.29, 0.717) is 34.4 Å². The Bertz CT molecular complexity index is 638. The van der Waals surface area contributed by atoms with Crippen molar-refractivity contribution >= 4 is 29.2 Å². The maximum atomic E-state index is 11.3. The number of hydrogen-bond donors (Lipinski definition) is 3. The Hall–Kier alpha value is -1.53. The number of methoxy groups -OCH3 is 1. The molecule has 0 saturated carbocycles. The first-order chi connectivity index (χ1) is 10.5. The molecule has 118 valence electrons. The van der Waals surface area contributed by atoms with Crippen molar-refractivity contribution in [3.05, 3.63) is 57.3 Å². The first-order valence-corrected chi connectivity index (χ1v) is 7.35. The highest BCUT2D eigenvalue weighted by Crippen LogP contribution is 2.23. The second-order valence-electron chi connectivity index (χ2n) is 4.76. The fourth-order valence-corrected chi connectivity index (χ4v) is 2.55. The summed E-state index contributed by atoms with van der Waals surface area (Å²) in [7, 11) is 1.33. The van der Waals surface area contributed by atoms with Crippen LogP contribution < -0.4 is 5.32 Å². The van der Waals surface area contributed by atoms with E-state index < -0.39 is 12.1 Å². The quantitative estimate of drug-likeness (QED) is 0.705. The Kier molecular flexibility index (Phi) is 5.85. The van der Waals surface area contributed by atoms with Crippen LogP contribution in [0.2, 0.25) is 10.0 Å². The van der Waals surface area contributed by atoms with E-state index >= 15 is 0 Å². The van der Waals surface area contributed by atoms with E-state index in [1.165, 1.54) is 7.11 Å². The summed E-state index contributed by atoms with van der Waals surface area (Å²) in [6, 6.07) is 6.65. The van der Waals surface area contributed by atoms with Crippen LogP contribution in [0.5, 0.6) is 0 Å². The summed E-state index contributed by atoms with van der Waals surface area (Å²) in [6.07, 6.45) is 0.984. The zero-order valence-electron chi connectivity index (χ0n) is 11.9. The minimum Gasteiger partial charge on any atom is -0.464 e. The molecule has 1 unspecified atom stereocenters. The number of hydrogen-bond acceptors (Lipinski definition) is 4. The summed E-state index contributed by atoms with van der Waals surface area (Å²) in [5.74, 6) is -0.417. The molecule has 1 heterocycles. The van der Waals surface area contributed by atoms with E-state index in [9.17, 15) is 9.90 Å². The van der Waals surface area contributed by atoms with Gasteiger partial charge in [-0.25, -0.2) is 4.79 Å². The highest BCUT2D eigenvalue weighted by molar-refractivity contribution is 6.34. The minimum atomic E-state index is -0.727. The molecule has 5 nitrogen and oxygen atoms in total. The second-order valence-corrected chi connectivity index (χ2v) is 5.64.